The lowest BCUT2D eigenvalue weighted by atomic mass is 9.73. The molecule has 2 aromatic rings. The van der Waals surface area contributed by atoms with Gasteiger partial charge in [0.1, 0.15) is 17.2 Å². The van der Waals surface area contributed by atoms with Crippen LogP contribution in [0.3, 0.4) is 0 Å². The topological polar surface area (TPSA) is 0 Å². The molecule has 0 bridgehead atoms. The lowest BCUT2D eigenvalue weighted by Gasteiger charge is -2.32. The van der Waals surface area contributed by atoms with Crippen molar-refractivity contribution in [2.24, 2.45) is 5.92 Å². The molecule has 0 saturated carbocycles. The van der Waals surface area contributed by atoms with E-state index in [2.05, 4.69) is 18.7 Å². The Labute approximate surface area is 173 Å². The second-order valence-corrected chi connectivity index (χ2v) is 8.61. The molecule has 2 aromatic carbocycles. The molecule has 0 fully saturated rings. The van der Waals surface area contributed by atoms with Gasteiger partial charge in [-0.2, -0.15) is 13.2 Å². The van der Waals surface area contributed by atoms with Gasteiger partial charge in [-0.15, -0.1) is 6.58 Å². The van der Waals surface area contributed by atoms with Crippen molar-refractivity contribution in [2.75, 3.05) is 0 Å². The number of rotatable bonds is 4. The standard InChI is InChI=1S/C25H25F5/c1-2-3-4-15-5-9-20-17(11-15)6-7-18-12-16(8-10-21(18)20)19-13-22(26)24(23(27)14-19)25(28,29)30/h2,6-7,13-16H,1,3-5,8-12H2. The van der Waals surface area contributed by atoms with Crippen molar-refractivity contribution in [2.45, 2.75) is 63.5 Å². The Hall–Kier alpha value is -2.17. The van der Waals surface area contributed by atoms with Crippen molar-refractivity contribution in [3.63, 3.8) is 0 Å². The fraction of sp³-hybridized carbons (Fsp3) is 0.440. The number of hydrogen-bond donors (Lipinski definition) is 0. The molecule has 0 spiro atoms. The van der Waals surface area contributed by atoms with Gasteiger partial charge in [0, 0.05) is 0 Å². The van der Waals surface area contributed by atoms with E-state index in [0.717, 1.165) is 56.2 Å². The summed E-state index contributed by atoms with van der Waals surface area (Å²) in [6.07, 6.45) is 4.51. The molecular weight excluding hydrogens is 395 g/mol. The fourth-order valence-corrected chi connectivity index (χ4v) is 5.23. The van der Waals surface area contributed by atoms with Crippen LogP contribution in [0.2, 0.25) is 0 Å². The largest absolute Gasteiger partial charge is 0.422 e. The van der Waals surface area contributed by atoms with Crippen molar-refractivity contribution in [1.82, 2.24) is 0 Å². The van der Waals surface area contributed by atoms with Gasteiger partial charge >= 0.3 is 6.18 Å². The van der Waals surface area contributed by atoms with Crippen molar-refractivity contribution in [3.8, 4) is 0 Å². The third kappa shape index (κ3) is 4.03. The minimum absolute atomic E-state index is 0.175. The minimum Gasteiger partial charge on any atom is -0.206 e. The van der Waals surface area contributed by atoms with Crippen molar-refractivity contribution in [1.29, 1.82) is 0 Å². The highest BCUT2D eigenvalue weighted by Gasteiger charge is 2.38. The summed E-state index contributed by atoms with van der Waals surface area (Å²) in [6.45, 7) is 3.80. The Morgan fingerprint density at radius 3 is 2.13 bits per heavy atom. The molecule has 0 heterocycles. The van der Waals surface area contributed by atoms with Gasteiger partial charge in [-0.3, -0.25) is 0 Å². The van der Waals surface area contributed by atoms with E-state index in [4.69, 9.17) is 0 Å². The molecule has 160 valence electrons. The SMILES string of the molecule is C=CCCC1CCc2c(ccc3c2CCC(c2cc(F)c(C(F)(F)F)c(F)c2)C3)C1. The Morgan fingerprint density at radius 1 is 0.933 bits per heavy atom. The summed E-state index contributed by atoms with van der Waals surface area (Å²) < 4.78 is 66.6. The molecule has 0 N–H and O–H groups in total. The maximum absolute atomic E-state index is 14.0. The van der Waals surface area contributed by atoms with E-state index in [1.807, 2.05) is 6.08 Å². The zero-order valence-corrected chi connectivity index (χ0v) is 16.8. The summed E-state index contributed by atoms with van der Waals surface area (Å²) in [5, 5.41) is 0. The molecule has 2 unspecified atom stereocenters. The summed E-state index contributed by atoms with van der Waals surface area (Å²) in [4.78, 5) is 0. The van der Waals surface area contributed by atoms with Crippen LogP contribution in [0.5, 0.6) is 0 Å². The van der Waals surface area contributed by atoms with E-state index < -0.39 is 23.4 Å². The van der Waals surface area contributed by atoms with E-state index in [1.165, 1.54) is 16.7 Å². The van der Waals surface area contributed by atoms with E-state index in [9.17, 15) is 22.0 Å². The first-order valence-electron chi connectivity index (χ1n) is 10.6. The average molecular weight is 420 g/mol. The molecule has 30 heavy (non-hydrogen) atoms. The molecule has 0 saturated heterocycles. The highest BCUT2D eigenvalue weighted by Crippen LogP contribution is 2.41. The highest BCUT2D eigenvalue weighted by molar-refractivity contribution is 5.46. The number of halogens is 5. The van der Waals surface area contributed by atoms with E-state index in [-0.39, 0.29) is 5.92 Å². The molecule has 4 rings (SSSR count). The summed E-state index contributed by atoms with van der Waals surface area (Å²) >= 11 is 0. The highest BCUT2D eigenvalue weighted by atomic mass is 19.4. The monoisotopic (exact) mass is 420 g/mol. The molecule has 2 atom stereocenters. The number of hydrogen-bond acceptors (Lipinski definition) is 0. The number of benzene rings is 2. The third-order valence-corrected chi connectivity index (χ3v) is 6.74. The zero-order chi connectivity index (χ0) is 21.5. The first-order chi connectivity index (χ1) is 14.3. The van der Waals surface area contributed by atoms with Crippen molar-refractivity contribution < 1.29 is 22.0 Å². The Morgan fingerprint density at radius 2 is 1.53 bits per heavy atom. The summed E-state index contributed by atoms with van der Waals surface area (Å²) in [5.41, 5.74) is 3.84. The Bertz CT molecular complexity index is 934. The van der Waals surface area contributed by atoms with Gasteiger partial charge in [0.25, 0.3) is 0 Å². The Balaban J connectivity index is 1.56. The van der Waals surface area contributed by atoms with Crippen molar-refractivity contribution >= 4 is 0 Å². The maximum atomic E-state index is 14.0. The summed E-state index contributed by atoms with van der Waals surface area (Å²) in [7, 11) is 0. The Kier molecular flexibility index (Phi) is 5.73. The quantitative estimate of drug-likeness (QED) is 0.359. The predicted molar refractivity (Wildman–Crippen MR) is 108 cm³/mol. The van der Waals surface area contributed by atoms with E-state index in [1.54, 1.807) is 0 Å². The molecule has 2 aliphatic rings. The smallest absolute Gasteiger partial charge is 0.206 e. The zero-order valence-electron chi connectivity index (χ0n) is 16.8. The minimum atomic E-state index is -5.03. The van der Waals surface area contributed by atoms with Gasteiger partial charge < -0.3 is 0 Å². The lowest BCUT2D eigenvalue weighted by Crippen LogP contribution is -2.21. The molecule has 0 aromatic heterocycles. The second-order valence-electron chi connectivity index (χ2n) is 8.61. The number of fused-ring (bicyclic) bond motifs is 3. The van der Waals surface area contributed by atoms with Gasteiger partial charge in [-0.05, 0) is 103 Å². The van der Waals surface area contributed by atoms with E-state index >= 15 is 0 Å². The predicted octanol–water partition coefficient (Wildman–Crippen LogP) is 7.33. The van der Waals surface area contributed by atoms with Crippen LogP contribution in [-0.2, 0) is 31.9 Å². The van der Waals surface area contributed by atoms with Gasteiger partial charge in [-0.1, -0.05) is 18.2 Å². The molecule has 5 heteroatoms. The number of allylic oxidation sites excluding steroid dienone is 1. The van der Waals surface area contributed by atoms with Crippen molar-refractivity contribution in [3.05, 3.63) is 81.9 Å². The molecule has 2 aliphatic carbocycles. The first-order valence-corrected chi connectivity index (χ1v) is 10.6. The van der Waals surface area contributed by atoms with E-state index in [0.29, 0.717) is 24.3 Å². The van der Waals surface area contributed by atoms with Gasteiger partial charge in [0.05, 0.1) is 0 Å². The maximum Gasteiger partial charge on any atom is 0.422 e. The second kappa shape index (κ2) is 8.16. The molecule has 0 amide bonds. The third-order valence-electron chi connectivity index (χ3n) is 6.74. The van der Waals surface area contributed by atoms with Crippen LogP contribution >= 0.6 is 0 Å². The van der Waals surface area contributed by atoms with Crippen LogP contribution in [-0.4, -0.2) is 0 Å². The van der Waals surface area contributed by atoms with Gasteiger partial charge in [0.15, 0.2) is 0 Å². The molecule has 0 nitrogen and oxygen atoms in total. The fourth-order valence-electron chi connectivity index (χ4n) is 5.23. The van der Waals surface area contributed by atoms with Gasteiger partial charge in [-0.25, -0.2) is 8.78 Å². The lowest BCUT2D eigenvalue weighted by molar-refractivity contribution is -0.142. The molecule has 0 radical (unpaired) electrons. The van der Waals surface area contributed by atoms with Crippen LogP contribution in [0, 0.1) is 17.6 Å². The molecular formula is C25H25F5. The number of alkyl halides is 3. The van der Waals surface area contributed by atoms with Crippen LogP contribution < -0.4 is 0 Å². The van der Waals surface area contributed by atoms with Crippen LogP contribution in [0.4, 0.5) is 22.0 Å². The van der Waals surface area contributed by atoms with Gasteiger partial charge in [0.2, 0.25) is 0 Å². The van der Waals surface area contributed by atoms with Crippen LogP contribution in [0.1, 0.15) is 65.0 Å². The summed E-state index contributed by atoms with van der Waals surface area (Å²) in [5.74, 6) is -2.55. The van der Waals surface area contributed by atoms with Crippen LogP contribution in [0.15, 0.2) is 36.9 Å². The average Bonchev–Trinajstić information content (AvgIpc) is 2.69. The van der Waals surface area contributed by atoms with Crippen LogP contribution in [0.25, 0.3) is 0 Å². The summed E-state index contributed by atoms with van der Waals surface area (Å²) in [6, 6.07) is 6.01. The first kappa shape index (κ1) is 21.1. The normalized spacial score (nSPS) is 21.1. The molecule has 0 aliphatic heterocycles.